The van der Waals surface area contributed by atoms with Gasteiger partial charge in [0.1, 0.15) is 5.82 Å². The van der Waals surface area contributed by atoms with Gasteiger partial charge in [0, 0.05) is 19.1 Å². The number of aryl methyl sites for hydroxylation is 1. The summed E-state index contributed by atoms with van der Waals surface area (Å²) < 4.78 is 13.8. The van der Waals surface area contributed by atoms with Gasteiger partial charge >= 0.3 is 0 Å². The SMILES string of the molecule is Cc1ccc(C(=O)N2C[C@@H]3CCN[C@@H]3C2)c(F)c1. The lowest BCUT2D eigenvalue weighted by atomic mass is 10.1. The van der Waals surface area contributed by atoms with Crippen LogP contribution in [-0.4, -0.2) is 36.5 Å². The Labute approximate surface area is 106 Å². The third-order valence-electron chi connectivity index (χ3n) is 4.00. The predicted molar refractivity (Wildman–Crippen MR) is 66.9 cm³/mol. The molecular weight excluding hydrogens is 231 g/mol. The van der Waals surface area contributed by atoms with Crippen molar-refractivity contribution in [3.05, 3.63) is 35.1 Å². The van der Waals surface area contributed by atoms with Crippen LogP contribution in [0.2, 0.25) is 0 Å². The van der Waals surface area contributed by atoms with E-state index in [1.807, 2.05) is 6.92 Å². The average molecular weight is 248 g/mol. The second-order valence-corrected chi connectivity index (χ2v) is 5.30. The number of carbonyl (C=O) groups is 1. The Bertz CT molecular complexity index is 477. The summed E-state index contributed by atoms with van der Waals surface area (Å²) in [6, 6.07) is 5.20. The number of carbonyl (C=O) groups excluding carboxylic acids is 1. The zero-order valence-corrected chi connectivity index (χ0v) is 10.4. The van der Waals surface area contributed by atoms with E-state index < -0.39 is 5.82 Å². The van der Waals surface area contributed by atoms with Crippen LogP contribution in [0.15, 0.2) is 18.2 Å². The molecule has 1 N–H and O–H groups in total. The van der Waals surface area contributed by atoms with Crippen LogP contribution >= 0.6 is 0 Å². The van der Waals surface area contributed by atoms with E-state index >= 15 is 0 Å². The number of benzene rings is 1. The number of nitrogens with zero attached hydrogens (tertiary/aromatic N) is 1. The quantitative estimate of drug-likeness (QED) is 0.818. The van der Waals surface area contributed by atoms with Crippen LogP contribution < -0.4 is 5.32 Å². The Morgan fingerprint density at radius 3 is 3.00 bits per heavy atom. The molecule has 3 nitrogen and oxygen atoms in total. The highest BCUT2D eigenvalue weighted by molar-refractivity contribution is 5.94. The van der Waals surface area contributed by atoms with Crippen molar-refractivity contribution < 1.29 is 9.18 Å². The van der Waals surface area contributed by atoms with Crippen molar-refractivity contribution in [1.29, 1.82) is 0 Å². The smallest absolute Gasteiger partial charge is 0.256 e. The maximum atomic E-state index is 13.8. The van der Waals surface area contributed by atoms with Gasteiger partial charge in [0.25, 0.3) is 5.91 Å². The highest BCUT2D eigenvalue weighted by atomic mass is 19.1. The second-order valence-electron chi connectivity index (χ2n) is 5.30. The van der Waals surface area contributed by atoms with Gasteiger partial charge in [-0.3, -0.25) is 4.79 Å². The van der Waals surface area contributed by atoms with Crippen molar-refractivity contribution in [2.24, 2.45) is 5.92 Å². The highest BCUT2D eigenvalue weighted by Crippen LogP contribution is 2.26. The topological polar surface area (TPSA) is 32.3 Å². The average Bonchev–Trinajstić information content (AvgIpc) is 2.87. The van der Waals surface area contributed by atoms with Crippen LogP contribution in [0.4, 0.5) is 4.39 Å². The van der Waals surface area contributed by atoms with E-state index in [4.69, 9.17) is 0 Å². The fourth-order valence-corrected chi connectivity index (χ4v) is 2.98. The monoisotopic (exact) mass is 248 g/mol. The minimum absolute atomic E-state index is 0.177. The summed E-state index contributed by atoms with van der Waals surface area (Å²) in [6.45, 7) is 4.32. The Balaban J connectivity index is 1.79. The van der Waals surface area contributed by atoms with E-state index in [9.17, 15) is 9.18 Å². The molecule has 4 heteroatoms. The zero-order valence-electron chi connectivity index (χ0n) is 10.4. The summed E-state index contributed by atoms with van der Waals surface area (Å²) in [5, 5.41) is 3.39. The lowest BCUT2D eigenvalue weighted by Crippen LogP contribution is -2.34. The Morgan fingerprint density at radius 2 is 2.28 bits per heavy atom. The molecule has 18 heavy (non-hydrogen) atoms. The molecule has 1 aromatic rings. The lowest BCUT2D eigenvalue weighted by Gasteiger charge is -2.17. The van der Waals surface area contributed by atoms with Crippen molar-refractivity contribution in [1.82, 2.24) is 10.2 Å². The molecule has 0 radical (unpaired) electrons. The van der Waals surface area contributed by atoms with Crippen LogP contribution in [-0.2, 0) is 0 Å². The third-order valence-corrected chi connectivity index (χ3v) is 4.00. The van der Waals surface area contributed by atoms with Gasteiger partial charge in [0.15, 0.2) is 0 Å². The van der Waals surface area contributed by atoms with E-state index in [0.29, 0.717) is 18.5 Å². The van der Waals surface area contributed by atoms with Crippen molar-refractivity contribution in [3.8, 4) is 0 Å². The van der Waals surface area contributed by atoms with Crippen molar-refractivity contribution >= 4 is 5.91 Å². The molecule has 0 aliphatic carbocycles. The third kappa shape index (κ3) is 1.90. The summed E-state index contributed by atoms with van der Waals surface area (Å²) in [5.74, 6) is -0.0452. The zero-order chi connectivity index (χ0) is 12.7. The van der Waals surface area contributed by atoms with Crippen molar-refractivity contribution in [2.75, 3.05) is 19.6 Å². The van der Waals surface area contributed by atoms with Crippen LogP contribution in [0.3, 0.4) is 0 Å². The van der Waals surface area contributed by atoms with Gasteiger partial charge in [-0.25, -0.2) is 4.39 Å². The predicted octanol–water partition coefficient (Wildman–Crippen LogP) is 1.57. The number of halogens is 1. The minimum atomic E-state index is -0.412. The van der Waals surface area contributed by atoms with Gasteiger partial charge < -0.3 is 10.2 Å². The molecule has 96 valence electrons. The number of hydrogen-bond donors (Lipinski definition) is 1. The molecule has 1 aromatic carbocycles. The largest absolute Gasteiger partial charge is 0.337 e. The van der Waals surface area contributed by atoms with Gasteiger partial charge in [0.05, 0.1) is 5.56 Å². The van der Waals surface area contributed by atoms with Crippen molar-refractivity contribution in [2.45, 2.75) is 19.4 Å². The molecule has 1 amide bonds. The number of hydrogen-bond acceptors (Lipinski definition) is 2. The molecule has 0 bridgehead atoms. The molecular formula is C14H17FN2O. The van der Waals surface area contributed by atoms with Gasteiger partial charge in [-0.2, -0.15) is 0 Å². The highest BCUT2D eigenvalue weighted by Gasteiger charge is 2.38. The molecule has 0 saturated carbocycles. The second kappa shape index (κ2) is 4.35. The molecule has 0 aromatic heterocycles. The van der Waals surface area contributed by atoms with Gasteiger partial charge in [-0.15, -0.1) is 0 Å². The minimum Gasteiger partial charge on any atom is -0.337 e. The first-order chi connectivity index (χ1) is 8.65. The van der Waals surface area contributed by atoms with E-state index in [0.717, 1.165) is 25.1 Å². The molecule has 0 spiro atoms. The normalized spacial score (nSPS) is 26.4. The fraction of sp³-hybridized carbons (Fsp3) is 0.500. The number of fused-ring (bicyclic) bond motifs is 1. The van der Waals surface area contributed by atoms with Crippen LogP contribution in [0.5, 0.6) is 0 Å². The first-order valence-electron chi connectivity index (χ1n) is 6.44. The van der Waals surface area contributed by atoms with E-state index in [-0.39, 0.29) is 11.5 Å². The maximum Gasteiger partial charge on any atom is 0.256 e. The number of likely N-dealkylation sites (tertiary alicyclic amines) is 1. The first-order valence-corrected chi connectivity index (χ1v) is 6.44. The van der Waals surface area contributed by atoms with E-state index in [1.54, 1.807) is 17.0 Å². The van der Waals surface area contributed by atoms with E-state index in [2.05, 4.69) is 5.32 Å². The number of amides is 1. The molecule has 2 saturated heterocycles. The molecule has 2 atom stereocenters. The van der Waals surface area contributed by atoms with Crippen LogP contribution in [0.25, 0.3) is 0 Å². The van der Waals surface area contributed by atoms with Crippen LogP contribution in [0.1, 0.15) is 22.3 Å². The lowest BCUT2D eigenvalue weighted by molar-refractivity contribution is 0.0778. The molecule has 2 aliphatic rings. The Hall–Kier alpha value is -1.42. The standard InChI is InChI=1S/C14H17FN2O/c1-9-2-3-11(12(15)6-9)14(18)17-7-10-4-5-16-13(10)8-17/h2-3,6,10,13,16H,4-5,7-8H2,1H3/t10-,13+/m0/s1. The Morgan fingerprint density at radius 1 is 1.44 bits per heavy atom. The van der Waals surface area contributed by atoms with Gasteiger partial charge in [-0.05, 0) is 43.5 Å². The number of rotatable bonds is 1. The summed E-state index contributed by atoms with van der Waals surface area (Å²) in [7, 11) is 0. The summed E-state index contributed by atoms with van der Waals surface area (Å²) in [4.78, 5) is 14.0. The molecule has 2 heterocycles. The van der Waals surface area contributed by atoms with Gasteiger partial charge in [0.2, 0.25) is 0 Å². The number of nitrogens with one attached hydrogen (secondary N) is 1. The molecule has 0 unspecified atom stereocenters. The molecule has 2 fully saturated rings. The van der Waals surface area contributed by atoms with Gasteiger partial charge in [-0.1, -0.05) is 6.07 Å². The van der Waals surface area contributed by atoms with Crippen molar-refractivity contribution in [3.63, 3.8) is 0 Å². The summed E-state index contributed by atoms with van der Waals surface area (Å²) in [5.41, 5.74) is 1.03. The molecule has 3 rings (SSSR count). The Kier molecular flexibility index (Phi) is 2.82. The van der Waals surface area contributed by atoms with Crippen LogP contribution in [0, 0.1) is 18.7 Å². The van der Waals surface area contributed by atoms with E-state index in [1.165, 1.54) is 6.07 Å². The molecule has 2 aliphatic heterocycles. The first kappa shape index (κ1) is 11.7. The summed E-state index contributed by atoms with van der Waals surface area (Å²) in [6.07, 6.45) is 1.12. The maximum absolute atomic E-state index is 13.8. The summed E-state index contributed by atoms with van der Waals surface area (Å²) >= 11 is 0. The fourth-order valence-electron chi connectivity index (χ4n) is 2.98.